The topological polar surface area (TPSA) is 72.8 Å². The summed E-state index contributed by atoms with van der Waals surface area (Å²) in [7, 11) is 0. The SMILES string of the molecule is CCc1ccc2cc(-c3nc4cc(C(=O)OC(C)C)c(F)cc4n3C3CC3)[nH]c2n1. The van der Waals surface area contributed by atoms with Crippen LogP contribution in [-0.2, 0) is 11.2 Å². The average Bonchev–Trinajstić information content (AvgIpc) is 3.34. The third kappa shape index (κ3) is 3.14. The smallest absolute Gasteiger partial charge is 0.341 e. The van der Waals surface area contributed by atoms with Crippen LogP contribution in [-0.4, -0.2) is 31.6 Å². The van der Waals surface area contributed by atoms with Gasteiger partial charge < -0.3 is 14.3 Å². The van der Waals surface area contributed by atoms with Gasteiger partial charge in [-0.25, -0.2) is 19.2 Å². The van der Waals surface area contributed by atoms with Gasteiger partial charge >= 0.3 is 5.97 Å². The highest BCUT2D eigenvalue weighted by Gasteiger charge is 2.30. The number of benzene rings is 1. The molecule has 3 heterocycles. The molecular formula is C23H23FN4O2. The van der Waals surface area contributed by atoms with Gasteiger partial charge in [0.25, 0.3) is 0 Å². The fraction of sp³-hybridized carbons (Fsp3) is 0.348. The molecule has 3 aromatic heterocycles. The fourth-order valence-electron chi connectivity index (χ4n) is 3.81. The minimum atomic E-state index is -0.672. The van der Waals surface area contributed by atoms with Gasteiger partial charge in [0.15, 0.2) is 5.82 Å². The van der Waals surface area contributed by atoms with Crippen molar-refractivity contribution in [1.82, 2.24) is 19.5 Å². The summed E-state index contributed by atoms with van der Waals surface area (Å²) in [5.41, 5.74) is 3.84. The maximum absolute atomic E-state index is 14.8. The summed E-state index contributed by atoms with van der Waals surface area (Å²) in [5, 5.41) is 1.00. The van der Waals surface area contributed by atoms with Crippen molar-refractivity contribution in [3.05, 3.63) is 47.4 Å². The first kappa shape index (κ1) is 18.8. The number of rotatable bonds is 5. The van der Waals surface area contributed by atoms with Crippen LogP contribution in [0.15, 0.2) is 30.3 Å². The number of halogens is 1. The van der Waals surface area contributed by atoms with E-state index in [1.54, 1.807) is 13.8 Å². The van der Waals surface area contributed by atoms with Gasteiger partial charge in [0.1, 0.15) is 11.5 Å². The molecule has 0 atom stereocenters. The highest BCUT2D eigenvalue weighted by Crippen LogP contribution is 2.42. The maximum Gasteiger partial charge on any atom is 0.341 e. The Hall–Kier alpha value is -3.22. The number of esters is 1. The third-order valence-corrected chi connectivity index (χ3v) is 5.39. The number of pyridine rings is 1. The summed E-state index contributed by atoms with van der Waals surface area (Å²) in [5.74, 6) is -0.529. The zero-order valence-electron chi connectivity index (χ0n) is 17.2. The van der Waals surface area contributed by atoms with Crippen molar-refractivity contribution in [1.29, 1.82) is 0 Å². The van der Waals surface area contributed by atoms with Crippen LogP contribution in [0.3, 0.4) is 0 Å². The summed E-state index contributed by atoms with van der Waals surface area (Å²) in [4.78, 5) is 25.1. The van der Waals surface area contributed by atoms with Crippen molar-refractivity contribution in [3.63, 3.8) is 0 Å². The molecule has 30 heavy (non-hydrogen) atoms. The van der Waals surface area contributed by atoms with E-state index in [1.165, 1.54) is 12.1 Å². The second-order valence-corrected chi connectivity index (χ2v) is 8.09. The standard InChI is InChI=1S/C23H23FN4O2/c1-4-14-6-5-13-9-19(26-21(13)25-14)22-27-18-10-16(23(29)30-12(2)3)17(24)11-20(18)28(22)15-7-8-15/h5-6,9-12,15H,4,7-8H2,1-3H3,(H,25,26). The summed E-state index contributed by atoms with van der Waals surface area (Å²) < 4.78 is 22.0. The maximum atomic E-state index is 14.8. The first-order chi connectivity index (χ1) is 14.4. The Morgan fingerprint density at radius 3 is 2.77 bits per heavy atom. The predicted molar refractivity (Wildman–Crippen MR) is 113 cm³/mol. The molecule has 0 aliphatic heterocycles. The van der Waals surface area contributed by atoms with E-state index in [0.29, 0.717) is 11.0 Å². The molecular weight excluding hydrogens is 383 g/mol. The number of carbonyl (C=O) groups excluding carboxylic acids is 1. The Balaban J connectivity index is 1.66. The number of carbonyl (C=O) groups is 1. The second kappa shape index (κ2) is 6.93. The number of nitrogens with zero attached hydrogens (tertiary/aromatic N) is 3. The van der Waals surface area contributed by atoms with Crippen molar-refractivity contribution in [2.24, 2.45) is 0 Å². The van der Waals surface area contributed by atoms with E-state index in [0.717, 1.165) is 47.5 Å². The number of aryl methyl sites for hydroxylation is 1. The highest BCUT2D eigenvalue weighted by atomic mass is 19.1. The highest BCUT2D eigenvalue weighted by molar-refractivity contribution is 5.95. The molecule has 7 heteroatoms. The van der Waals surface area contributed by atoms with Crippen LogP contribution in [0.4, 0.5) is 4.39 Å². The van der Waals surface area contributed by atoms with E-state index < -0.39 is 11.8 Å². The minimum absolute atomic E-state index is 0.0888. The molecule has 0 radical (unpaired) electrons. The number of hydrogen-bond donors (Lipinski definition) is 1. The molecule has 1 saturated carbocycles. The monoisotopic (exact) mass is 406 g/mol. The molecule has 4 aromatic rings. The van der Waals surface area contributed by atoms with Crippen molar-refractivity contribution >= 4 is 28.0 Å². The van der Waals surface area contributed by atoms with Gasteiger partial charge in [0.05, 0.1) is 28.4 Å². The normalized spacial score (nSPS) is 14.2. The number of imidazole rings is 1. The lowest BCUT2D eigenvalue weighted by Crippen LogP contribution is -2.13. The van der Waals surface area contributed by atoms with Crippen LogP contribution in [0, 0.1) is 5.82 Å². The molecule has 1 aliphatic carbocycles. The lowest BCUT2D eigenvalue weighted by Gasteiger charge is -2.09. The molecule has 1 aliphatic rings. The molecule has 5 rings (SSSR count). The molecule has 0 amide bonds. The van der Waals surface area contributed by atoms with Gasteiger partial charge in [-0.2, -0.15) is 0 Å². The number of ether oxygens (including phenoxy) is 1. The van der Waals surface area contributed by atoms with Crippen molar-refractivity contribution in [2.45, 2.75) is 52.2 Å². The first-order valence-electron chi connectivity index (χ1n) is 10.4. The number of aromatic nitrogens is 4. The Morgan fingerprint density at radius 1 is 1.27 bits per heavy atom. The summed E-state index contributed by atoms with van der Waals surface area (Å²) in [6.07, 6.45) is 2.59. The number of H-pyrrole nitrogens is 1. The van der Waals surface area contributed by atoms with Gasteiger partial charge in [0, 0.05) is 23.2 Å². The van der Waals surface area contributed by atoms with Crippen molar-refractivity contribution in [2.75, 3.05) is 0 Å². The van der Waals surface area contributed by atoms with Gasteiger partial charge in [-0.1, -0.05) is 6.92 Å². The molecule has 154 valence electrons. The van der Waals surface area contributed by atoms with E-state index in [2.05, 4.69) is 21.5 Å². The fourth-order valence-corrected chi connectivity index (χ4v) is 3.81. The minimum Gasteiger partial charge on any atom is -0.459 e. The lowest BCUT2D eigenvalue weighted by atomic mass is 10.2. The van der Waals surface area contributed by atoms with Crippen LogP contribution in [0.1, 0.15) is 55.7 Å². The van der Waals surface area contributed by atoms with E-state index in [4.69, 9.17) is 9.72 Å². The summed E-state index contributed by atoms with van der Waals surface area (Å²) >= 11 is 0. The molecule has 1 fully saturated rings. The molecule has 0 bridgehead atoms. The molecule has 1 aromatic carbocycles. The van der Waals surface area contributed by atoms with Gasteiger partial charge in [-0.05, 0) is 57.4 Å². The van der Waals surface area contributed by atoms with E-state index >= 15 is 0 Å². The van der Waals surface area contributed by atoms with Crippen molar-refractivity contribution < 1.29 is 13.9 Å². The van der Waals surface area contributed by atoms with Crippen LogP contribution in [0.5, 0.6) is 0 Å². The van der Waals surface area contributed by atoms with Gasteiger partial charge in [-0.15, -0.1) is 0 Å². The number of nitrogens with one attached hydrogen (secondary N) is 1. The zero-order chi connectivity index (χ0) is 21.0. The first-order valence-corrected chi connectivity index (χ1v) is 10.4. The summed E-state index contributed by atoms with van der Waals surface area (Å²) in [6, 6.07) is 9.26. The Labute approximate surface area is 173 Å². The quantitative estimate of drug-likeness (QED) is 0.464. The third-order valence-electron chi connectivity index (χ3n) is 5.39. The predicted octanol–water partition coefficient (Wildman–Crippen LogP) is 5.18. The second-order valence-electron chi connectivity index (χ2n) is 8.09. The van der Waals surface area contributed by atoms with E-state index in [-0.39, 0.29) is 17.7 Å². The van der Waals surface area contributed by atoms with Crippen molar-refractivity contribution in [3.8, 4) is 11.5 Å². The van der Waals surface area contributed by atoms with E-state index in [1.807, 2.05) is 18.2 Å². The Bertz CT molecular complexity index is 1280. The summed E-state index contributed by atoms with van der Waals surface area (Å²) in [6.45, 7) is 5.55. The molecule has 0 unspecified atom stereocenters. The Morgan fingerprint density at radius 2 is 2.07 bits per heavy atom. The molecule has 0 spiro atoms. The Kier molecular flexibility index (Phi) is 4.34. The number of fused-ring (bicyclic) bond motifs is 2. The van der Waals surface area contributed by atoms with Gasteiger partial charge in [0.2, 0.25) is 0 Å². The molecule has 0 saturated heterocycles. The van der Waals surface area contributed by atoms with Crippen LogP contribution >= 0.6 is 0 Å². The lowest BCUT2D eigenvalue weighted by molar-refractivity contribution is 0.0373. The van der Waals surface area contributed by atoms with Crippen LogP contribution in [0.25, 0.3) is 33.6 Å². The largest absolute Gasteiger partial charge is 0.459 e. The number of hydrogen-bond acceptors (Lipinski definition) is 4. The van der Waals surface area contributed by atoms with Crippen LogP contribution in [0.2, 0.25) is 0 Å². The average molecular weight is 406 g/mol. The molecule has 6 nitrogen and oxygen atoms in total. The van der Waals surface area contributed by atoms with Gasteiger partial charge in [-0.3, -0.25) is 0 Å². The zero-order valence-corrected chi connectivity index (χ0v) is 17.2. The van der Waals surface area contributed by atoms with Crippen LogP contribution < -0.4 is 0 Å². The van der Waals surface area contributed by atoms with E-state index in [9.17, 15) is 9.18 Å². The molecule has 1 N–H and O–H groups in total. The number of aromatic amines is 1.